The molecule has 0 aromatic carbocycles. The lowest BCUT2D eigenvalue weighted by atomic mass is 9.92. The van der Waals surface area contributed by atoms with Gasteiger partial charge in [-0.2, -0.15) is 10.2 Å². The van der Waals surface area contributed by atoms with Gasteiger partial charge in [0, 0.05) is 29.4 Å². The van der Waals surface area contributed by atoms with Crippen LogP contribution in [0.5, 0.6) is 0 Å². The highest BCUT2D eigenvalue weighted by atomic mass is 15.2. The molecule has 0 N–H and O–H groups in total. The fourth-order valence-corrected chi connectivity index (χ4v) is 3.13. The lowest BCUT2D eigenvalue weighted by Crippen LogP contribution is -2.38. The maximum absolute atomic E-state index is 4.49. The van der Waals surface area contributed by atoms with Crippen molar-refractivity contribution in [3.05, 3.63) is 41.9 Å². The first-order valence-electron chi connectivity index (χ1n) is 8.14. The molecule has 0 radical (unpaired) electrons. The molecular formula is C18H24N4. The third-order valence-corrected chi connectivity index (χ3v) is 4.56. The third-order valence-electron chi connectivity index (χ3n) is 4.56. The van der Waals surface area contributed by atoms with E-state index < -0.39 is 0 Å². The van der Waals surface area contributed by atoms with Gasteiger partial charge in [-0.25, -0.2) is 0 Å². The van der Waals surface area contributed by atoms with Gasteiger partial charge < -0.3 is 4.90 Å². The van der Waals surface area contributed by atoms with Crippen molar-refractivity contribution in [2.24, 2.45) is 0 Å². The highest BCUT2D eigenvalue weighted by molar-refractivity contribution is 5.58. The summed E-state index contributed by atoms with van der Waals surface area (Å²) in [6.07, 6.45) is 4.18. The maximum atomic E-state index is 4.49. The van der Waals surface area contributed by atoms with Crippen LogP contribution in [-0.2, 0) is 0 Å². The minimum atomic E-state index is 0.552. The van der Waals surface area contributed by atoms with Crippen LogP contribution in [0.1, 0.15) is 44.0 Å². The fourth-order valence-electron chi connectivity index (χ4n) is 3.13. The zero-order chi connectivity index (χ0) is 15.5. The largest absolute Gasteiger partial charge is 0.301 e. The van der Waals surface area contributed by atoms with Gasteiger partial charge in [-0.3, -0.25) is 4.98 Å². The highest BCUT2D eigenvalue weighted by Crippen LogP contribution is 2.28. The number of hydrogen-bond acceptors (Lipinski definition) is 4. The van der Waals surface area contributed by atoms with Gasteiger partial charge >= 0.3 is 0 Å². The summed E-state index contributed by atoms with van der Waals surface area (Å²) in [6.45, 7) is 8.86. The van der Waals surface area contributed by atoms with E-state index in [1.807, 2.05) is 25.3 Å². The van der Waals surface area contributed by atoms with E-state index in [0.717, 1.165) is 35.7 Å². The topological polar surface area (TPSA) is 41.9 Å². The Labute approximate surface area is 132 Å². The Morgan fingerprint density at radius 1 is 1.09 bits per heavy atom. The molecule has 0 aliphatic carbocycles. The predicted octanol–water partition coefficient (Wildman–Crippen LogP) is 3.43. The van der Waals surface area contributed by atoms with Gasteiger partial charge in [-0.15, -0.1) is 0 Å². The average Bonchev–Trinajstić information content (AvgIpc) is 2.55. The fraction of sp³-hybridized carbons (Fsp3) is 0.500. The van der Waals surface area contributed by atoms with Crippen LogP contribution < -0.4 is 0 Å². The lowest BCUT2D eigenvalue weighted by Gasteiger charge is -2.34. The Hall–Kier alpha value is -1.81. The van der Waals surface area contributed by atoms with Crippen molar-refractivity contribution in [3.8, 4) is 11.3 Å². The Bertz CT molecular complexity index is 613. The van der Waals surface area contributed by atoms with E-state index in [1.54, 1.807) is 0 Å². The summed E-state index contributed by atoms with van der Waals surface area (Å²) in [5.74, 6) is 0.552. The second kappa shape index (κ2) is 6.53. The lowest BCUT2D eigenvalue weighted by molar-refractivity contribution is 0.170. The van der Waals surface area contributed by atoms with Crippen LogP contribution >= 0.6 is 0 Å². The number of nitrogens with zero attached hydrogens (tertiary/aromatic N) is 4. The van der Waals surface area contributed by atoms with E-state index in [0.29, 0.717) is 12.0 Å². The van der Waals surface area contributed by atoms with E-state index in [9.17, 15) is 0 Å². The van der Waals surface area contributed by atoms with Crippen LogP contribution in [0, 0.1) is 6.92 Å². The first kappa shape index (κ1) is 15.1. The molecule has 4 nitrogen and oxygen atoms in total. The molecule has 0 spiro atoms. The van der Waals surface area contributed by atoms with E-state index in [1.165, 1.54) is 12.8 Å². The molecule has 22 heavy (non-hydrogen) atoms. The first-order chi connectivity index (χ1) is 10.6. The Kier molecular flexibility index (Phi) is 4.48. The quantitative estimate of drug-likeness (QED) is 0.870. The van der Waals surface area contributed by atoms with E-state index in [4.69, 9.17) is 0 Å². The van der Waals surface area contributed by atoms with E-state index in [2.05, 4.69) is 46.1 Å². The molecule has 3 heterocycles. The molecule has 0 atom stereocenters. The highest BCUT2D eigenvalue weighted by Gasteiger charge is 2.23. The predicted molar refractivity (Wildman–Crippen MR) is 88.7 cm³/mol. The van der Waals surface area contributed by atoms with Crippen molar-refractivity contribution in [3.63, 3.8) is 0 Å². The van der Waals surface area contributed by atoms with Gasteiger partial charge in [0.1, 0.15) is 0 Å². The van der Waals surface area contributed by atoms with E-state index in [-0.39, 0.29) is 0 Å². The number of aromatic nitrogens is 3. The van der Waals surface area contributed by atoms with Gasteiger partial charge in [-0.1, -0.05) is 0 Å². The molecule has 1 aliphatic rings. The molecule has 1 saturated heterocycles. The summed E-state index contributed by atoms with van der Waals surface area (Å²) in [5.41, 5.74) is 4.15. The van der Waals surface area contributed by atoms with Gasteiger partial charge in [0.15, 0.2) is 0 Å². The second-order valence-corrected chi connectivity index (χ2v) is 6.43. The summed E-state index contributed by atoms with van der Waals surface area (Å²) in [4.78, 5) is 6.76. The Morgan fingerprint density at radius 3 is 2.45 bits per heavy atom. The van der Waals surface area contributed by atoms with E-state index >= 15 is 0 Å². The molecule has 1 fully saturated rings. The summed E-state index contributed by atoms with van der Waals surface area (Å²) in [5, 5.41) is 8.92. The molecule has 0 amide bonds. The van der Waals surface area contributed by atoms with Crippen molar-refractivity contribution in [2.45, 2.75) is 45.6 Å². The molecule has 0 saturated carbocycles. The number of pyridine rings is 1. The minimum absolute atomic E-state index is 0.552. The normalized spacial score (nSPS) is 17.1. The van der Waals surface area contributed by atoms with Crippen LogP contribution in [0.25, 0.3) is 11.3 Å². The van der Waals surface area contributed by atoms with Gasteiger partial charge in [-0.05, 0) is 71.0 Å². The number of aryl methyl sites for hydroxylation is 1. The van der Waals surface area contributed by atoms with Crippen molar-refractivity contribution in [1.29, 1.82) is 0 Å². The zero-order valence-electron chi connectivity index (χ0n) is 13.7. The van der Waals surface area contributed by atoms with Gasteiger partial charge in [0.25, 0.3) is 0 Å². The zero-order valence-corrected chi connectivity index (χ0v) is 13.7. The molecular weight excluding hydrogens is 272 g/mol. The van der Waals surface area contributed by atoms with Crippen LogP contribution in [0.4, 0.5) is 0 Å². The molecule has 3 rings (SSSR count). The van der Waals surface area contributed by atoms with Crippen LogP contribution in [-0.4, -0.2) is 39.2 Å². The Balaban J connectivity index is 1.70. The standard InChI is InChI=1S/C18H24N4/c1-13(2)22-10-7-15(8-11-22)17-4-5-18(21-20-17)16-6-9-19-14(3)12-16/h4-6,9,12-13,15H,7-8,10-11H2,1-3H3. The molecule has 2 aromatic heterocycles. The van der Waals surface area contributed by atoms with Crippen LogP contribution in [0.15, 0.2) is 30.5 Å². The van der Waals surface area contributed by atoms with Crippen molar-refractivity contribution in [2.75, 3.05) is 13.1 Å². The molecule has 1 aliphatic heterocycles. The summed E-state index contributed by atoms with van der Waals surface area (Å²) in [7, 11) is 0. The first-order valence-corrected chi connectivity index (χ1v) is 8.14. The molecule has 4 heteroatoms. The molecule has 116 valence electrons. The number of hydrogen-bond donors (Lipinski definition) is 0. The van der Waals surface area contributed by atoms with Crippen molar-refractivity contribution < 1.29 is 0 Å². The van der Waals surface area contributed by atoms with Crippen LogP contribution in [0.2, 0.25) is 0 Å². The molecule has 0 bridgehead atoms. The number of rotatable bonds is 3. The average molecular weight is 296 g/mol. The van der Waals surface area contributed by atoms with Crippen molar-refractivity contribution >= 4 is 0 Å². The molecule has 0 unspecified atom stereocenters. The monoisotopic (exact) mass is 296 g/mol. The Morgan fingerprint density at radius 2 is 1.86 bits per heavy atom. The summed E-state index contributed by atoms with van der Waals surface area (Å²) in [6, 6.07) is 8.91. The summed E-state index contributed by atoms with van der Waals surface area (Å²) < 4.78 is 0. The number of piperidine rings is 1. The van der Waals surface area contributed by atoms with Gasteiger partial charge in [0.2, 0.25) is 0 Å². The molecule has 2 aromatic rings. The van der Waals surface area contributed by atoms with Crippen LogP contribution in [0.3, 0.4) is 0 Å². The number of likely N-dealkylation sites (tertiary alicyclic amines) is 1. The summed E-state index contributed by atoms with van der Waals surface area (Å²) >= 11 is 0. The minimum Gasteiger partial charge on any atom is -0.301 e. The smallest absolute Gasteiger partial charge is 0.0931 e. The second-order valence-electron chi connectivity index (χ2n) is 6.43. The van der Waals surface area contributed by atoms with Gasteiger partial charge in [0.05, 0.1) is 11.4 Å². The third kappa shape index (κ3) is 3.33. The SMILES string of the molecule is Cc1cc(-c2ccc(C3CCN(C(C)C)CC3)nn2)ccn1. The van der Waals surface area contributed by atoms with Crippen molar-refractivity contribution in [1.82, 2.24) is 20.1 Å². The maximum Gasteiger partial charge on any atom is 0.0931 e.